The molecule has 1 rings (SSSR count). The molecule has 0 bridgehead atoms. The second-order valence-electron chi connectivity index (χ2n) is 2.74. The van der Waals surface area contributed by atoms with Gasteiger partial charge in [-0.1, -0.05) is 0 Å². The number of alkyl halides is 2. The molecule has 1 aromatic heterocycles. The van der Waals surface area contributed by atoms with Crippen molar-refractivity contribution in [2.45, 2.75) is 20.0 Å². The van der Waals surface area contributed by atoms with Gasteiger partial charge in [-0.05, 0) is 12.5 Å². The third kappa shape index (κ3) is 1.70. The maximum Gasteiger partial charge on any atom is 0.280 e. The lowest BCUT2D eigenvalue weighted by Gasteiger charge is -2.07. The Morgan fingerprint density at radius 3 is 2.71 bits per heavy atom. The predicted octanol–water partition coefficient (Wildman–Crippen LogP) is 1.69. The fourth-order valence-electron chi connectivity index (χ4n) is 1.17. The second-order valence-corrected chi connectivity index (χ2v) is 2.74. The van der Waals surface area contributed by atoms with Gasteiger partial charge in [0.2, 0.25) is 0 Å². The normalized spacial score (nSPS) is 10.3. The maximum absolute atomic E-state index is 12.3. The van der Waals surface area contributed by atoms with E-state index in [9.17, 15) is 8.78 Å². The van der Waals surface area contributed by atoms with E-state index in [2.05, 4.69) is 4.98 Å². The molecular formula is C9H8F2N2O. The fourth-order valence-corrected chi connectivity index (χ4v) is 1.17. The smallest absolute Gasteiger partial charge is 0.280 e. The van der Waals surface area contributed by atoms with Crippen molar-refractivity contribution in [3.63, 3.8) is 0 Å². The number of nitrogens with zero attached hydrogens (tertiary/aromatic N) is 2. The molecule has 0 aliphatic carbocycles. The Morgan fingerprint density at radius 2 is 2.29 bits per heavy atom. The summed E-state index contributed by atoms with van der Waals surface area (Å²) in [6.45, 7) is 1.02. The summed E-state index contributed by atoms with van der Waals surface area (Å²) >= 11 is 0. The molecule has 0 aliphatic heterocycles. The van der Waals surface area contributed by atoms with Gasteiger partial charge in [0.05, 0.1) is 18.2 Å². The highest BCUT2D eigenvalue weighted by molar-refractivity contribution is 5.44. The quantitative estimate of drug-likeness (QED) is 0.786. The number of hydrogen-bond donors (Lipinski definition) is 1. The average molecular weight is 198 g/mol. The van der Waals surface area contributed by atoms with Gasteiger partial charge in [0.1, 0.15) is 5.69 Å². The van der Waals surface area contributed by atoms with Gasteiger partial charge < -0.3 is 5.11 Å². The third-order valence-electron chi connectivity index (χ3n) is 1.93. The highest BCUT2D eigenvalue weighted by Crippen LogP contribution is 2.24. The lowest BCUT2D eigenvalue weighted by atomic mass is 10.0. The number of aliphatic hydroxyl groups is 1. The van der Waals surface area contributed by atoms with E-state index in [1.165, 1.54) is 6.92 Å². The standard InChI is InChI=1S/C9H8F2N2O/c1-5-7(2-12)6(4-14)3-13-8(5)9(10)11/h3,9,14H,4H2,1H3. The first-order valence-electron chi connectivity index (χ1n) is 3.89. The third-order valence-corrected chi connectivity index (χ3v) is 1.93. The number of halogens is 2. The monoisotopic (exact) mass is 198 g/mol. The van der Waals surface area contributed by atoms with Gasteiger partial charge in [-0.15, -0.1) is 0 Å². The Bertz CT molecular complexity index is 385. The lowest BCUT2D eigenvalue weighted by Crippen LogP contribution is -2.02. The van der Waals surface area contributed by atoms with Crippen LogP contribution in [-0.2, 0) is 6.61 Å². The summed E-state index contributed by atoms with van der Waals surface area (Å²) in [5.74, 6) is 0. The molecule has 0 fully saturated rings. The van der Waals surface area contributed by atoms with E-state index < -0.39 is 12.1 Å². The molecule has 0 unspecified atom stereocenters. The van der Waals surface area contributed by atoms with Gasteiger partial charge in [-0.2, -0.15) is 5.26 Å². The second kappa shape index (κ2) is 4.11. The van der Waals surface area contributed by atoms with Crippen LogP contribution >= 0.6 is 0 Å². The van der Waals surface area contributed by atoms with Crippen LogP contribution in [0.4, 0.5) is 8.78 Å². The van der Waals surface area contributed by atoms with Gasteiger partial charge in [0, 0.05) is 11.8 Å². The van der Waals surface area contributed by atoms with Crippen molar-refractivity contribution in [2.75, 3.05) is 0 Å². The minimum absolute atomic E-state index is 0.0813. The van der Waals surface area contributed by atoms with Crippen molar-refractivity contribution >= 4 is 0 Å². The number of pyridine rings is 1. The van der Waals surface area contributed by atoms with E-state index in [1.54, 1.807) is 6.07 Å². The molecule has 0 saturated carbocycles. The van der Waals surface area contributed by atoms with Gasteiger partial charge in [0.25, 0.3) is 6.43 Å². The Hall–Kier alpha value is -1.54. The summed E-state index contributed by atoms with van der Waals surface area (Å²) in [6.07, 6.45) is -1.60. The van der Waals surface area contributed by atoms with Gasteiger partial charge >= 0.3 is 0 Å². The van der Waals surface area contributed by atoms with Crippen LogP contribution in [0.25, 0.3) is 0 Å². The number of rotatable bonds is 2. The molecule has 0 amide bonds. The van der Waals surface area contributed by atoms with Gasteiger partial charge in [-0.3, -0.25) is 4.98 Å². The molecular weight excluding hydrogens is 190 g/mol. The zero-order valence-electron chi connectivity index (χ0n) is 7.46. The number of aliphatic hydroxyl groups excluding tert-OH is 1. The molecule has 0 aromatic carbocycles. The first-order chi connectivity index (χ1) is 6.61. The Kier molecular flexibility index (Phi) is 3.10. The van der Waals surface area contributed by atoms with Crippen LogP contribution < -0.4 is 0 Å². The van der Waals surface area contributed by atoms with Crippen molar-refractivity contribution in [2.24, 2.45) is 0 Å². The largest absolute Gasteiger partial charge is 0.392 e. The molecule has 3 nitrogen and oxygen atoms in total. The van der Waals surface area contributed by atoms with Crippen LogP contribution in [-0.4, -0.2) is 10.1 Å². The number of nitriles is 1. The van der Waals surface area contributed by atoms with Crippen molar-refractivity contribution in [3.05, 3.63) is 28.6 Å². The van der Waals surface area contributed by atoms with Crippen LogP contribution in [0.15, 0.2) is 6.20 Å². The van der Waals surface area contributed by atoms with Crippen molar-refractivity contribution in [1.82, 2.24) is 4.98 Å². The molecule has 5 heteroatoms. The minimum Gasteiger partial charge on any atom is -0.392 e. The van der Waals surface area contributed by atoms with Crippen LogP contribution in [0, 0.1) is 18.3 Å². The maximum atomic E-state index is 12.3. The summed E-state index contributed by atoms with van der Waals surface area (Å²) < 4.78 is 24.7. The molecule has 1 N–H and O–H groups in total. The molecule has 14 heavy (non-hydrogen) atoms. The number of aromatic nitrogens is 1. The Labute approximate surface area is 79.6 Å². The average Bonchev–Trinajstić information content (AvgIpc) is 2.16. The Balaban J connectivity index is 3.37. The first-order valence-corrected chi connectivity index (χ1v) is 3.89. The van der Waals surface area contributed by atoms with E-state index in [0.717, 1.165) is 6.20 Å². The zero-order valence-corrected chi connectivity index (χ0v) is 7.46. The topological polar surface area (TPSA) is 56.9 Å². The Morgan fingerprint density at radius 1 is 1.64 bits per heavy atom. The van der Waals surface area contributed by atoms with Crippen molar-refractivity contribution < 1.29 is 13.9 Å². The lowest BCUT2D eigenvalue weighted by molar-refractivity contribution is 0.145. The van der Waals surface area contributed by atoms with E-state index in [0.29, 0.717) is 0 Å². The van der Waals surface area contributed by atoms with Gasteiger partial charge in [0.15, 0.2) is 0 Å². The minimum atomic E-state index is -2.70. The summed E-state index contributed by atoms with van der Waals surface area (Å²) in [7, 11) is 0. The van der Waals surface area contributed by atoms with E-state index >= 15 is 0 Å². The molecule has 74 valence electrons. The highest BCUT2D eigenvalue weighted by Gasteiger charge is 2.17. The van der Waals surface area contributed by atoms with E-state index in [1.807, 2.05) is 0 Å². The molecule has 1 heterocycles. The molecule has 0 saturated heterocycles. The van der Waals surface area contributed by atoms with Crippen molar-refractivity contribution in [1.29, 1.82) is 5.26 Å². The molecule has 0 aliphatic rings. The van der Waals surface area contributed by atoms with Crippen LogP contribution in [0.1, 0.15) is 28.8 Å². The predicted molar refractivity (Wildman–Crippen MR) is 44.6 cm³/mol. The van der Waals surface area contributed by atoms with Crippen molar-refractivity contribution in [3.8, 4) is 6.07 Å². The first kappa shape index (κ1) is 10.5. The van der Waals surface area contributed by atoms with Crippen LogP contribution in [0.5, 0.6) is 0 Å². The highest BCUT2D eigenvalue weighted by atomic mass is 19.3. The molecule has 0 atom stereocenters. The zero-order chi connectivity index (χ0) is 10.7. The summed E-state index contributed by atoms with van der Waals surface area (Å²) in [6, 6.07) is 1.78. The van der Waals surface area contributed by atoms with E-state index in [-0.39, 0.29) is 23.3 Å². The summed E-state index contributed by atoms with van der Waals surface area (Å²) in [5, 5.41) is 17.5. The molecule has 0 spiro atoms. The summed E-state index contributed by atoms with van der Waals surface area (Å²) in [4.78, 5) is 3.50. The van der Waals surface area contributed by atoms with Crippen LogP contribution in [0.2, 0.25) is 0 Å². The van der Waals surface area contributed by atoms with Gasteiger partial charge in [-0.25, -0.2) is 8.78 Å². The molecule has 0 radical (unpaired) electrons. The summed E-state index contributed by atoms with van der Waals surface area (Å²) in [5.41, 5.74) is 0.0833. The van der Waals surface area contributed by atoms with Crippen LogP contribution in [0.3, 0.4) is 0 Å². The number of hydrogen-bond acceptors (Lipinski definition) is 3. The van der Waals surface area contributed by atoms with E-state index in [4.69, 9.17) is 10.4 Å². The molecule has 1 aromatic rings. The fraction of sp³-hybridized carbons (Fsp3) is 0.333. The SMILES string of the molecule is Cc1c(C(F)F)ncc(CO)c1C#N.